The number of aryl methyl sites for hydroxylation is 1. The Morgan fingerprint density at radius 1 is 0.967 bits per heavy atom. The van der Waals surface area contributed by atoms with E-state index in [1.165, 1.54) is 0 Å². The zero-order valence-electron chi connectivity index (χ0n) is 17.1. The van der Waals surface area contributed by atoms with Gasteiger partial charge >= 0.3 is 0 Å². The number of carbonyl (C=O) groups is 1. The predicted octanol–water partition coefficient (Wildman–Crippen LogP) is 5.66. The summed E-state index contributed by atoms with van der Waals surface area (Å²) in [6, 6.07) is 23.8. The molecule has 0 aliphatic carbocycles. The molecule has 30 heavy (non-hydrogen) atoms. The molecule has 1 aliphatic rings. The van der Waals surface area contributed by atoms with Crippen LogP contribution in [-0.2, 0) is 4.79 Å². The predicted molar refractivity (Wildman–Crippen MR) is 128 cm³/mol. The highest BCUT2D eigenvalue weighted by Crippen LogP contribution is 2.31. The normalized spacial score (nSPS) is 14.9. The van der Waals surface area contributed by atoms with E-state index in [0.717, 1.165) is 32.5 Å². The van der Waals surface area contributed by atoms with Crippen LogP contribution >= 0.6 is 15.9 Å². The van der Waals surface area contributed by atoms with Gasteiger partial charge in [-0.1, -0.05) is 58.4 Å². The molecule has 150 valence electrons. The van der Waals surface area contributed by atoms with E-state index in [4.69, 9.17) is 4.99 Å². The minimum atomic E-state index is -0.136. The SMILES string of the molecule is Cc1cccc(N2C(=O)/C(=C\c3ccc(N(C)C)cc3)N=C2c2ccccc2Br)c1. The molecule has 0 N–H and O–H groups in total. The third-order valence-electron chi connectivity index (χ3n) is 4.95. The van der Waals surface area contributed by atoms with Crippen molar-refractivity contribution >= 4 is 45.1 Å². The Labute approximate surface area is 185 Å². The summed E-state index contributed by atoms with van der Waals surface area (Å²) < 4.78 is 0.894. The van der Waals surface area contributed by atoms with Crippen LogP contribution < -0.4 is 9.80 Å². The number of rotatable bonds is 4. The molecule has 1 aliphatic heterocycles. The molecule has 0 atom stereocenters. The fourth-order valence-corrected chi connectivity index (χ4v) is 3.84. The first-order valence-corrected chi connectivity index (χ1v) is 10.5. The van der Waals surface area contributed by atoms with Crippen molar-refractivity contribution in [3.63, 3.8) is 0 Å². The van der Waals surface area contributed by atoms with E-state index in [0.29, 0.717) is 11.5 Å². The van der Waals surface area contributed by atoms with Crippen LogP contribution in [0, 0.1) is 6.92 Å². The molecule has 3 aromatic rings. The average molecular weight is 460 g/mol. The van der Waals surface area contributed by atoms with Gasteiger partial charge < -0.3 is 4.90 Å². The van der Waals surface area contributed by atoms with E-state index >= 15 is 0 Å². The number of amides is 1. The highest BCUT2D eigenvalue weighted by Gasteiger charge is 2.33. The summed E-state index contributed by atoms with van der Waals surface area (Å²) in [4.78, 5) is 21.9. The molecule has 0 saturated carbocycles. The second kappa shape index (κ2) is 8.28. The van der Waals surface area contributed by atoms with Gasteiger partial charge in [-0.2, -0.15) is 0 Å². The number of hydrogen-bond donors (Lipinski definition) is 0. The molecule has 0 bridgehead atoms. The summed E-state index contributed by atoms with van der Waals surface area (Å²) in [5.74, 6) is 0.484. The van der Waals surface area contributed by atoms with Crippen molar-refractivity contribution in [3.05, 3.63) is 99.7 Å². The lowest BCUT2D eigenvalue weighted by atomic mass is 10.1. The molecule has 1 heterocycles. The van der Waals surface area contributed by atoms with Crippen molar-refractivity contribution in [2.24, 2.45) is 4.99 Å². The Kier molecular flexibility index (Phi) is 5.55. The van der Waals surface area contributed by atoms with Crippen LogP contribution in [0.15, 0.2) is 88.0 Å². The number of carbonyl (C=O) groups excluding carboxylic acids is 1. The van der Waals surface area contributed by atoms with Gasteiger partial charge in [-0.05, 0) is 54.5 Å². The molecule has 1 amide bonds. The van der Waals surface area contributed by atoms with Crippen LogP contribution in [-0.4, -0.2) is 25.8 Å². The van der Waals surface area contributed by atoms with Crippen molar-refractivity contribution in [1.29, 1.82) is 0 Å². The molecule has 0 saturated heterocycles. The number of nitrogens with zero attached hydrogens (tertiary/aromatic N) is 3. The van der Waals surface area contributed by atoms with E-state index in [9.17, 15) is 4.79 Å². The van der Waals surface area contributed by atoms with E-state index in [1.807, 2.05) is 105 Å². The first kappa shape index (κ1) is 20.1. The van der Waals surface area contributed by atoms with Gasteiger partial charge in [-0.25, -0.2) is 4.99 Å². The first-order chi connectivity index (χ1) is 14.4. The summed E-state index contributed by atoms with van der Waals surface area (Å²) in [6.45, 7) is 2.02. The number of amidine groups is 1. The van der Waals surface area contributed by atoms with Gasteiger partial charge in [0.05, 0.1) is 5.69 Å². The average Bonchev–Trinajstić information content (AvgIpc) is 3.04. The monoisotopic (exact) mass is 459 g/mol. The summed E-state index contributed by atoms with van der Waals surface area (Å²) >= 11 is 3.61. The second-order valence-corrected chi connectivity index (χ2v) is 8.26. The maximum Gasteiger partial charge on any atom is 0.282 e. The van der Waals surface area contributed by atoms with Crippen molar-refractivity contribution in [1.82, 2.24) is 0 Å². The van der Waals surface area contributed by atoms with Crippen molar-refractivity contribution in [3.8, 4) is 0 Å². The van der Waals surface area contributed by atoms with Crippen LogP contribution in [0.3, 0.4) is 0 Å². The minimum Gasteiger partial charge on any atom is -0.378 e. The Balaban J connectivity index is 1.81. The number of halogens is 1. The standard InChI is InChI=1S/C25H22BrN3O/c1-17-7-6-8-20(15-17)29-24(21-9-4-5-10-22(21)26)27-23(25(29)30)16-18-11-13-19(14-12-18)28(2)3/h4-16H,1-3H3/b23-16+. The number of benzene rings is 3. The van der Waals surface area contributed by atoms with E-state index < -0.39 is 0 Å². The lowest BCUT2D eigenvalue weighted by Gasteiger charge is -2.19. The third kappa shape index (κ3) is 3.94. The zero-order chi connectivity index (χ0) is 21.3. The van der Waals surface area contributed by atoms with Gasteiger partial charge in [0.2, 0.25) is 0 Å². The second-order valence-electron chi connectivity index (χ2n) is 7.41. The lowest BCUT2D eigenvalue weighted by molar-refractivity contribution is -0.113. The topological polar surface area (TPSA) is 35.9 Å². The van der Waals surface area contributed by atoms with Gasteiger partial charge in [0.15, 0.2) is 0 Å². The van der Waals surface area contributed by atoms with Crippen LogP contribution in [0.1, 0.15) is 16.7 Å². The Morgan fingerprint density at radius 3 is 2.37 bits per heavy atom. The number of hydrogen-bond acceptors (Lipinski definition) is 3. The summed E-state index contributed by atoms with van der Waals surface area (Å²) in [5.41, 5.74) is 5.22. The molecule has 5 heteroatoms. The van der Waals surface area contributed by atoms with Crippen molar-refractivity contribution in [2.45, 2.75) is 6.92 Å². The largest absolute Gasteiger partial charge is 0.378 e. The van der Waals surface area contributed by atoms with Gasteiger partial charge in [-0.3, -0.25) is 9.69 Å². The number of anilines is 2. The number of aliphatic imine (C=N–C) groups is 1. The molecular formula is C25H22BrN3O. The summed E-state index contributed by atoms with van der Waals surface area (Å²) in [6.07, 6.45) is 1.84. The highest BCUT2D eigenvalue weighted by atomic mass is 79.9. The molecule has 0 spiro atoms. The van der Waals surface area contributed by atoms with Gasteiger partial charge in [0.1, 0.15) is 11.5 Å². The van der Waals surface area contributed by atoms with Gasteiger partial charge in [0, 0.05) is 29.8 Å². The Morgan fingerprint density at radius 2 is 1.70 bits per heavy atom. The van der Waals surface area contributed by atoms with E-state index in [1.54, 1.807) is 4.90 Å². The van der Waals surface area contributed by atoms with E-state index in [-0.39, 0.29) is 5.91 Å². The Bertz CT molecular complexity index is 1160. The molecule has 0 unspecified atom stereocenters. The maximum absolute atomic E-state index is 13.4. The van der Waals surface area contributed by atoms with Crippen LogP contribution in [0.2, 0.25) is 0 Å². The molecule has 4 rings (SSSR count). The smallest absolute Gasteiger partial charge is 0.282 e. The molecule has 0 radical (unpaired) electrons. The minimum absolute atomic E-state index is 0.136. The summed E-state index contributed by atoms with van der Waals surface area (Å²) in [5, 5.41) is 0. The molecule has 0 aromatic heterocycles. The van der Waals surface area contributed by atoms with E-state index in [2.05, 4.69) is 15.9 Å². The highest BCUT2D eigenvalue weighted by molar-refractivity contribution is 9.10. The van der Waals surface area contributed by atoms with Crippen molar-refractivity contribution < 1.29 is 4.79 Å². The van der Waals surface area contributed by atoms with Crippen LogP contribution in [0.4, 0.5) is 11.4 Å². The Hall–Kier alpha value is -3.18. The zero-order valence-corrected chi connectivity index (χ0v) is 18.7. The summed E-state index contributed by atoms with van der Waals surface area (Å²) in [7, 11) is 4.00. The molecule has 3 aromatic carbocycles. The van der Waals surface area contributed by atoms with Gasteiger partial charge in [-0.15, -0.1) is 0 Å². The third-order valence-corrected chi connectivity index (χ3v) is 5.64. The van der Waals surface area contributed by atoms with Crippen LogP contribution in [0.25, 0.3) is 6.08 Å². The van der Waals surface area contributed by atoms with Gasteiger partial charge in [0.25, 0.3) is 5.91 Å². The fraction of sp³-hybridized carbons (Fsp3) is 0.120. The maximum atomic E-state index is 13.4. The molecule has 4 nitrogen and oxygen atoms in total. The molecule has 0 fully saturated rings. The van der Waals surface area contributed by atoms with Crippen LogP contribution in [0.5, 0.6) is 0 Å². The molecular weight excluding hydrogens is 438 g/mol. The van der Waals surface area contributed by atoms with Crippen molar-refractivity contribution in [2.75, 3.05) is 23.9 Å². The lowest BCUT2D eigenvalue weighted by Crippen LogP contribution is -2.32. The quantitative estimate of drug-likeness (QED) is 0.472. The fourth-order valence-electron chi connectivity index (χ4n) is 3.37. The first-order valence-electron chi connectivity index (χ1n) is 9.68.